The summed E-state index contributed by atoms with van der Waals surface area (Å²) in [6, 6.07) is 35.0. The number of amides is 1. The highest BCUT2D eigenvalue weighted by Gasteiger charge is 2.50. The Morgan fingerprint density at radius 2 is 1.33 bits per heavy atom. The maximum absolute atomic E-state index is 13.3. The van der Waals surface area contributed by atoms with Gasteiger partial charge in [0, 0.05) is 60.4 Å². The number of hydrogen-bond acceptors (Lipinski definition) is 7. The van der Waals surface area contributed by atoms with Gasteiger partial charge in [0.05, 0.1) is 24.8 Å². The molecule has 1 spiro atoms. The second-order valence-corrected chi connectivity index (χ2v) is 14.1. The number of benzene rings is 4. The van der Waals surface area contributed by atoms with Crippen LogP contribution in [-0.2, 0) is 11.3 Å². The number of hydrogen-bond donors (Lipinski definition) is 1. The van der Waals surface area contributed by atoms with Gasteiger partial charge in [-0.1, -0.05) is 77.8 Å². The summed E-state index contributed by atoms with van der Waals surface area (Å²) in [6.45, 7) is 6.32. The normalized spacial score (nSPS) is 18.5. The zero-order valence-electron chi connectivity index (χ0n) is 27.3. The van der Waals surface area contributed by atoms with Crippen LogP contribution in [0.1, 0.15) is 35.8 Å². The third-order valence-corrected chi connectivity index (χ3v) is 10.9. The SMILES string of the molecule is O=C1NCN(c2ccccc2)C12CCN(c1nc(CN3CCN(C(c4ccc(Cl)cc4)c4ccc(Cl)cc4)CC3)nc3ccccc13)CC2. The molecule has 1 aromatic heterocycles. The van der Waals surface area contributed by atoms with Gasteiger partial charge in [-0.2, -0.15) is 0 Å². The molecule has 0 saturated carbocycles. The molecule has 4 heterocycles. The van der Waals surface area contributed by atoms with Gasteiger partial charge in [0.2, 0.25) is 5.91 Å². The van der Waals surface area contributed by atoms with Crippen LogP contribution in [0, 0.1) is 0 Å². The van der Waals surface area contributed by atoms with E-state index in [1.165, 1.54) is 11.1 Å². The van der Waals surface area contributed by atoms with Crippen molar-refractivity contribution in [2.45, 2.75) is 31.0 Å². The maximum Gasteiger partial charge on any atom is 0.247 e. The number of piperidine rings is 1. The molecule has 3 aliphatic rings. The second-order valence-electron chi connectivity index (χ2n) is 13.2. The summed E-state index contributed by atoms with van der Waals surface area (Å²) in [7, 11) is 0. The highest BCUT2D eigenvalue weighted by atomic mass is 35.5. The first-order valence-electron chi connectivity index (χ1n) is 17.1. The molecular weight excluding hydrogens is 653 g/mol. The van der Waals surface area contributed by atoms with Gasteiger partial charge in [-0.3, -0.25) is 14.6 Å². The Morgan fingerprint density at radius 3 is 1.98 bits per heavy atom. The minimum atomic E-state index is -0.543. The molecule has 3 fully saturated rings. The Morgan fingerprint density at radius 1 is 0.714 bits per heavy atom. The fourth-order valence-electron chi connectivity index (χ4n) is 7.82. The van der Waals surface area contributed by atoms with Crippen LogP contribution in [-0.4, -0.2) is 77.2 Å². The molecule has 3 saturated heterocycles. The number of carbonyl (C=O) groups excluding carboxylic acids is 1. The van der Waals surface area contributed by atoms with Crippen molar-refractivity contribution in [1.82, 2.24) is 25.1 Å². The van der Waals surface area contributed by atoms with Gasteiger partial charge in [0.15, 0.2) is 0 Å². The zero-order chi connectivity index (χ0) is 33.4. The van der Waals surface area contributed by atoms with Crippen molar-refractivity contribution < 1.29 is 4.79 Å². The zero-order valence-corrected chi connectivity index (χ0v) is 28.8. The number of para-hydroxylation sites is 2. The molecule has 10 heteroatoms. The lowest BCUT2D eigenvalue weighted by Crippen LogP contribution is -2.56. The molecule has 1 N–H and O–H groups in total. The molecule has 250 valence electrons. The van der Waals surface area contributed by atoms with Crippen LogP contribution in [0.2, 0.25) is 10.0 Å². The van der Waals surface area contributed by atoms with Crippen molar-refractivity contribution in [3.05, 3.63) is 130 Å². The van der Waals surface area contributed by atoms with Gasteiger partial charge in [-0.25, -0.2) is 9.97 Å². The first-order valence-corrected chi connectivity index (χ1v) is 17.8. The molecule has 0 bridgehead atoms. The summed E-state index contributed by atoms with van der Waals surface area (Å²) in [4.78, 5) is 33.2. The molecule has 8 rings (SSSR count). The number of nitrogens with one attached hydrogen (secondary N) is 1. The van der Waals surface area contributed by atoms with Crippen LogP contribution < -0.4 is 15.1 Å². The third-order valence-electron chi connectivity index (χ3n) is 10.4. The van der Waals surface area contributed by atoms with Crippen LogP contribution in [0.25, 0.3) is 10.9 Å². The minimum absolute atomic E-state index is 0.113. The summed E-state index contributed by atoms with van der Waals surface area (Å²) >= 11 is 12.5. The second kappa shape index (κ2) is 13.6. The summed E-state index contributed by atoms with van der Waals surface area (Å²) in [6.07, 6.45) is 1.46. The van der Waals surface area contributed by atoms with Crippen molar-refractivity contribution >= 4 is 51.5 Å². The standard InChI is InChI=1S/C39H39Cl2N7O/c40-30-14-10-28(11-15-30)36(29-12-16-31(41)17-13-29)46-24-22-45(23-25-46)26-35-43-34-9-5-4-8-33(34)37(44-35)47-20-18-39(19-21-47)38(49)42-27-48(39)32-6-2-1-3-7-32/h1-17,36H,18-27H2,(H,42,49). The van der Waals surface area contributed by atoms with Crippen LogP contribution in [0.4, 0.5) is 11.5 Å². The number of anilines is 2. The quantitative estimate of drug-likeness (QED) is 0.202. The highest BCUT2D eigenvalue weighted by molar-refractivity contribution is 6.30. The molecule has 49 heavy (non-hydrogen) atoms. The van der Waals surface area contributed by atoms with Crippen molar-refractivity contribution in [2.24, 2.45) is 0 Å². The van der Waals surface area contributed by atoms with Gasteiger partial charge in [-0.15, -0.1) is 0 Å². The number of carbonyl (C=O) groups is 1. The van der Waals surface area contributed by atoms with E-state index in [0.717, 1.165) is 90.4 Å². The van der Waals surface area contributed by atoms with Gasteiger partial charge >= 0.3 is 0 Å². The molecule has 5 aromatic rings. The molecule has 4 aromatic carbocycles. The predicted molar refractivity (Wildman–Crippen MR) is 197 cm³/mol. The first kappa shape index (κ1) is 32.0. The molecule has 0 radical (unpaired) electrons. The lowest BCUT2D eigenvalue weighted by molar-refractivity contribution is -0.124. The molecule has 0 unspecified atom stereocenters. The molecule has 0 atom stereocenters. The monoisotopic (exact) mass is 691 g/mol. The van der Waals surface area contributed by atoms with E-state index in [-0.39, 0.29) is 11.9 Å². The average molecular weight is 693 g/mol. The predicted octanol–water partition coefficient (Wildman–Crippen LogP) is 6.78. The minimum Gasteiger partial charge on any atom is -0.356 e. The van der Waals surface area contributed by atoms with E-state index >= 15 is 0 Å². The number of rotatable bonds is 7. The van der Waals surface area contributed by atoms with Gasteiger partial charge in [-0.05, 0) is 72.5 Å². The van der Waals surface area contributed by atoms with Crippen LogP contribution >= 0.6 is 23.2 Å². The van der Waals surface area contributed by atoms with Crippen molar-refractivity contribution in [3.8, 4) is 0 Å². The third kappa shape index (κ3) is 6.34. The Kier molecular flexibility index (Phi) is 8.89. The Bertz CT molecular complexity index is 1880. The number of aromatic nitrogens is 2. The number of piperazine rings is 1. The average Bonchev–Trinajstić information content (AvgIpc) is 3.45. The van der Waals surface area contributed by atoms with Crippen LogP contribution in [0.3, 0.4) is 0 Å². The molecular formula is C39H39Cl2N7O. The smallest absolute Gasteiger partial charge is 0.247 e. The lowest BCUT2D eigenvalue weighted by Gasteiger charge is -2.44. The maximum atomic E-state index is 13.3. The summed E-state index contributed by atoms with van der Waals surface area (Å²) in [5.41, 5.74) is 3.92. The van der Waals surface area contributed by atoms with Crippen molar-refractivity contribution in [1.29, 1.82) is 0 Å². The molecule has 3 aliphatic heterocycles. The van der Waals surface area contributed by atoms with Crippen LogP contribution in [0.5, 0.6) is 0 Å². The Balaban J connectivity index is 0.991. The van der Waals surface area contributed by atoms with Crippen molar-refractivity contribution in [2.75, 3.05) is 55.7 Å². The number of halogens is 2. The van der Waals surface area contributed by atoms with E-state index in [1.54, 1.807) is 0 Å². The Hall–Kier alpha value is -4.21. The summed E-state index contributed by atoms with van der Waals surface area (Å²) < 4.78 is 0. The number of nitrogens with zero attached hydrogens (tertiary/aromatic N) is 6. The molecule has 8 nitrogen and oxygen atoms in total. The van der Waals surface area contributed by atoms with E-state index in [0.29, 0.717) is 13.2 Å². The fraction of sp³-hybridized carbons (Fsp3) is 0.308. The fourth-order valence-corrected chi connectivity index (χ4v) is 8.08. The van der Waals surface area contributed by atoms with E-state index in [4.69, 9.17) is 33.2 Å². The van der Waals surface area contributed by atoms with E-state index in [2.05, 4.69) is 79.5 Å². The first-order chi connectivity index (χ1) is 24.0. The van der Waals surface area contributed by atoms with Gasteiger partial charge < -0.3 is 15.1 Å². The summed E-state index contributed by atoms with van der Waals surface area (Å²) in [5.74, 6) is 1.92. The number of fused-ring (bicyclic) bond motifs is 1. The summed E-state index contributed by atoms with van der Waals surface area (Å²) in [5, 5.41) is 5.65. The van der Waals surface area contributed by atoms with Crippen molar-refractivity contribution in [3.63, 3.8) is 0 Å². The van der Waals surface area contributed by atoms with E-state index in [1.807, 2.05) is 48.5 Å². The van der Waals surface area contributed by atoms with E-state index in [9.17, 15) is 4.79 Å². The van der Waals surface area contributed by atoms with Crippen LogP contribution in [0.15, 0.2) is 103 Å². The highest BCUT2D eigenvalue weighted by Crippen LogP contribution is 2.38. The topological polar surface area (TPSA) is 67.8 Å². The lowest BCUT2D eigenvalue weighted by atomic mass is 9.85. The van der Waals surface area contributed by atoms with Gasteiger partial charge in [0.25, 0.3) is 0 Å². The Labute approximate surface area is 297 Å². The molecule has 0 aliphatic carbocycles. The van der Waals surface area contributed by atoms with E-state index < -0.39 is 5.54 Å². The molecule has 1 amide bonds. The largest absolute Gasteiger partial charge is 0.356 e. The van der Waals surface area contributed by atoms with Gasteiger partial charge in [0.1, 0.15) is 17.2 Å².